The predicted molar refractivity (Wildman–Crippen MR) is 74.5 cm³/mol. The maximum absolute atomic E-state index is 4.57. The lowest BCUT2D eigenvalue weighted by Gasteiger charge is -2.22. The standard InChI is InChI=1S/C14H25N3/c1-7-15-13-12(9-16-14(4,5)6)10(2)8-11(3)17-13/h8,16H,7,9H2,1-6H3,(H,15,17). The third kappa shape index (κ3) is 4.35. The number of aryl methyl sites for hydroxylation is 2. The molecule has 17 heavy (non-hydrogen) atoms. The summed E-state index contributed by atoms with van der Waals surface area (Å²) in [4.78, 5) is 4.57. The van der Waals surface area contributed by atoms with Crippen molar-refractivity contribution < 1.29 is 0 Å². The van der Waals surface area contributed by atoms with Crippen LogP contribution < -0.4 is 10.6 Å². The lowest BCUT2D eigenvalue weighted by atomic mass is 10.1. The third-order valence-corrected chi connectivity index (χ3v) is 2.62. The van der Waals surface area contributed by atoms with Gasteiger partial charge in [-0.2, -0.15) is 0 Å². The van der Waals surface area contributed by atoms with Crippen LogP contribution in [0, 0.1) is 13.8 Å². The molecule has 0 aromatic carbocycles. The maximum atomic E-state index is 4.57. The molecular weight excluding hydrogens is 210 g/mol. The summed E-state index contributed by atoms with van der Waals surface area (Å²) in [5.74, 6) is 1.02. The van der Waals surface area contributed by atoms with Gasteiger partial charge in [0.2, 0.25) is 0 Å². The van der Waals surface area contributed by atoms with E-state index in [1.807, 2.05) is 6.92 Å². The first-order chi connectivity index (χ1) is 7.83. The molecule has 3 nitrogen and oxygen atoms in total. The zero-order chi connectivity index (χ0) is 13.1. The molecule has 2 N–H and O–H groups in total. The van der Waals surface area contributed by atoms with E-state index in [0.717, 1.165) is 24.6 Å². The van der Waals surface area contributed by atoms with Gasteiger partial charge in [-0.05, 0) is 53.2 Å². The summed E-state index contributed by atoms with van der Waals surface area (Å²) in [5, 5.41) is 6.86. The number of anilines is 1. The summed E-state index contributed by atoms with van der Waals surface area (Å²) in [6, 6.07) is 2.14. The van der Waals surface area contributed by atoms with E-state index >= 15 is 0 Å². The van der Waals surface area contributed by atoms with Gasteiger partial charge in [0.1, 0.15) is 5.82 Å². The van der Waals surface area contributed by atoms with E-state index in [2.05, 4.69) is 56.3 Å². The van der Waals surface area contributed by atoms with Gasteiger partial charge in [0.05, 0.1) is 0 Å². The predicted octanol–water partition coefficient (Wildman–Crippen LogP) is 3.02. The van der Waals surface area contributed by atoms with E-state index in [1.54, 1.807) is 0 Å². The van der Waals surface area contributed by atoms with Crippen molar-refractivity contribution in [2.75, 3.05) is 11.9 Å². The molecule has 0 saturated heterocycles. The number of hydrogen-bond donors (Lipinski definition) is 2. The van der Waals surface area contributed by atoms with Crippen molar-refractivity contribution in [3.63, 3.8) is 0 Å². The lowest BCUT2D eigenvalue weighted by molar-refractivity contribution is 0.424. The van der Waals surface area contributed by atoms with Crippen molar-refractivity contribution in [2.45, 2.75) is 53.6 Å². The molecule has 0 atom stereocenters. The third-order valence-electron chi connectivity index (χ3n) is 2.62. The van der Waals surface area contributed by atoms with Gasteiger partial charge in [0, 0.05) is 29.9 Å². The molecular formula is C14H25N3. The van der Waals surface area contributed by atoms with Crippen LogP contribution in [0.4, 0.5) is 5.82 Å². The minimum absolute atomic E-state index is 0.126. The minimum atomic E-state index is 0.126. The minimum Gasteiger partial charge on any atom is -0.370 e. The zero-order valence-electron chi connectivity index (χ0n) is 11.9. The van der Waals surface area contributed by atoms with Crippen LogP contribution in [0.3, 0.4) is 0 Å². The fourth-order valence-corrected chi connectivity index (χ4v) is 1.75. The van der Waals surface area contributed by atoms with Gasteiger partial charge in [-0.3, -0.25) is 0 Å². The van der Waals surface area contributed by atoms with Crippen LogP contribution in [0.2, 0.25) is 0 Å². The SMILES string of the molecule is CCNc1nc(C)cc(C)c1CNC(C)(C)C. The fraction of sp³-hybridized carbons (Fsp3) is 0.643. The lowest BCUT2D eigenvalue weighted by Crippen LogP contribution is -2.35. The van der Waals surface area contributed by atoms with Crippen molar-refractivity contribution in [3.05, 3.63) is 22.9 Å². The summed E-state index contributed by atoms with van der Waals surface area (Å²) in [7, 11) is 0. The molecule has 0 saturated carbocycles. The second-order valence-electron chi connectivity index (χ2n) is 5.54. The molecule has 1 aromatic rings. The van der Waals surface area contributed by atoms with Crippen molar-refractivity contribution >= 4 is 5.82 Å². The Morgan fingerprint density at radius 2 is 1.88 bits per heavy atom. The number of nitrogens with one attached hydrogen (secondary N) is 2. The number of aromatic nitrogens is 1. The molecule has 1 heterocycles. The topological polar surface area (TPSA) is 37.0 Å². The molecule has 96 valence electrons. The van der Waals surface area contributed by atoms with Crippen LogP contribution in [0.1, 0.15) is 44.5 Å². The molecule has 0 aliphatic rings. The van der Waals surface area contributed by atoms with Gasteiger partial charge >= 0.3 is 0 Å². The van der Waals surface area contributed by atoms with Crippen molar-refractivity contribution in [1.29, 1.82) is 0 Å². The highest BCUT2D eigenvalue weighted by atomic mass is 15.0. The average Bonchev–Trinajstić information content (AvgIpc) is 2.14. The largest absolute Gasteiger partial charge is 0.370 e. The first-order valence-corrected chi connectivity index (χ1v) is 6.29. The number of rotatable bonds is 4. The summed E-state index contributed by atoms with van der Waals surface area (Å²) in [6.45, 7) is 14.6. The van der Waals surface area contributed by atoms with E-state index in [0.29, 0.717) is 0 Å². The maximum Gasteiger partial charge on any atom is 0.131 e. The monoisotopic (exact) mass is 235 g/mol. The van der Waals surface area contributed by atoms with Crippen LogP contribution in [0.5, 0.6) is 0 Å². The molecule has 0 radical (unpaired) electrons. The molecule has 1 aromatic heterocycles. The Morgan fingerprint density at radius 3 is 2.41 bits per heavy atom. The zero-order valence-corrected chi connectivity index (χ0v) is 11.9. The quantitative estimate of drug-likeness (QED) is 0.842. The summed E-state index contributed by atoms with van der Waals surface area (Å²) >= 11 is 0. The highest BCUT2D eigenvalue weighted by molar-refractivity contribution is 5.49. The van der Waals surface area contributed by atoms with Gasteiger partial charge in [0.15, 0.2) is 0 Å². The Labute approximate surface area is 105 Å². The molecule has 0 bridgehead atoms. The Morgan fingerprint density at radius 1 is 1.24 bits per heavy atom. The Balaban J connectivity index is 2.95. The van der Waals surface area contributed by atoms with E-state index in [4.69, 9.17) is 0 Å². The van der Waals surface area contributed by atoms with Crippen LogP contribution in [-0.4, -0.2) is 17.1 Å². The smallest absolute Gasteiger partial charge is 0.131 e. The molecule has 1 rings (SSSR count). The van der Waals surface area contributed by atoms with Crippen molar-refractivity contribution in [3.8, 4) is 0 Å². The Kier molecular flexibility index (Phi) is 4.52. The summed E-state index contributed by atoms with van der Waals surface area (Å²) in [6.07, 6.45) is 0. The number of hydrogen-bond acceptors (Lipinski definition) is 3. The second-order valence-corrected chi connectivity index (χ2v) is 5.54. The molecule has 0 unspecified atom stereocenters. The number of nitrogens with zero attached hydrogens (tertiary/aromatic N) is 1. The molecule has 3 heteroatoms. The first kappa shape index (κ1) is 14.0. The second kappa shape index (κ2) is 5.50. The van der Waals surface area contributed by atoms with E-state index in [-0.39, 0.29) is 5.54 Å². The molecule has 0 amide bonds. The molecule has 0 aliphatic carbocycles. The summed E-state index contributed by atoms with van der Waals surface area (Å²) in [5.41, 5.74) is 3.76. The van der Waals surface area contributed by atoms with Crippen molar-refractivity contribution in [1.82, 2.24) is 10.3 Å². The van der Waals surface area contributed by atoms with Gasteiger partial charge in [-0.25, -0.2) is 4.98 Å². The van der Waals surface area contributed by atoms with Crippen LogP contribution >= 0.6 is 0 Å². The van der Waals surface area contributed by atoms with Crippen molar-refractivity contribution in [2.24, 2.45) is 0 Å². The van der Waals surface area contributed by atoms with E-state index in [1.165, 1.54) is 11.1 Å². The van der Waals surface area contributed by atoms with Gasteiger partial charge in [-0.1, -0.05) is 0 Å². The highest BCUT2D eigenvalue weighted by Crippen LogP contribution is 2.19. The molecule has 0 fully saturated rings. The summed E-state index contributed by atoms with van der Waals surface area (Å²) < 4.78 is 0. The van der Waals surface area contributed by atoms with Gasteiger partial charge < -0.3 is 10.6 Å². The van der Waals surface area contributed by atoms with Gasteiger partial charge in [-0.15, -0.1) is 0 Å². The Bertz CT molecular complexity index is 378. The molecule has 0 spiro atoms. The molecule has 0 aliphatic heterocycles. The van der Waals surface area contributed by atoms with E-state index < -0.39 is 0 Å². The van der Waals surface area contributed by atoms with Crippen LogP contribution in [0.25, 0.3) is 0 Å². The van der Waals surface area contributed by atoms with Gasteiger partial charge in [0.25, 0.3) is 0 Å². The first-order valence-electron chi connectivity index (χ1n) is 6.29. The Hall–Kier alpha value is -1.09. The van der Waals surface area contributed by atoms with Crippen LogP contribution in [0.15, 0.2) is 6.07 Å². The van der Waals surface area contributed by atoms with Crippen LogP contribution in [-0.2, 0) is 6.54 Å². The fourth-order valence-electron chi connectivity index (χ4n) is 1.75. The number of pyridine rings is 1. The highest BCUT2D eigenvalue weighted by Gasteiger charge is 2.13. The average molecular weight is 235 g/mol. The van der Waals surface area contributed by atoms with E-state index in [9.17, 15) is 0 Å². The normalized spacial score (nSPS) is 11.6.